The van der Waals surface area contributed by atoms with E-state index >= 15 is 0 Å². The van der Waals surface area contributed by atoms with Crippen molar-refractivity contribution in [3.8, 4) is 0 Å². The van der Waals surface area contributed by atoms with Crippen molar-refractivity contribution in [1.82, 2.24) is 5.48 Å². The summed E-state index contributed by atoms with van der Waals surface area (Å²) in [5, 5.41) is 0. The van der Waals surface area contributed by atoms with Crippen molar-refractivity contribution in [2.75, 3.05) is 7.11 Å². The number of benzene rings is 1. The van der Waals surface area contributed by atoms with Gasteiger partial charge in [0.1, 0.15) is 0 Å². The second-order valence-corrected chi connectivity index (χ2v) is 4.61. The van der Waals surface area contributed by atoms with Crippen LogP contribution in [0.25, 0.3) is 0 Å². The van der Waals surface area contributed by atoms with Crippen molar-refractivity contribution in [1.29, 1.82) is 0 Å². The number of hydrogen-bond donors (Lipinski definition) is 1. The molecule has 0 aromatic heterocycles. The highest BCUT2D eigenvalue weighted by Gasteiger charge is 2.21. The molecule has 2 unspecified atom stereocenters. The first-order valence-corrected chi connectivity index (χ1v) is 6.32. The molecule has 17 heavy (non-hydrogen) atoms. The van der Waals surface area contributed by atoms with Gasteiger partial charge in [0.2, 0.25) is 0 Å². The monoisotopic (exact) mass is 235 g/mol. The maximum atomic E-state index is 5.55. The van der Waals surface area contributed by atoms with E-state index in [1.54, 1.807) is 7.11 Å². The van der Waals surface area contributed by atoms with Crippen LogP contribution < -0.4 is 5.48 Å². The summed E-state index contributed by atoms with van der Waals surface area (Å²) in [6.45, 7) is 0.620. The van der Waals surface area contributed by atoms with Gasteiger partial charge < -0.3 is 4.74 Å². The zero-order valence-electron chi connectivity index (χ0n) is 10.4. The molecule has 3 nitrogen and oxygen atoms in total. The van der Waals surface area contributed by atoms with Gasteiger partial charge in [-0.15, -0.1) is 0 Å². The Morgan fingerprint density at radius 3 is 2.82 bits per heavy atom. The highest BCUT2D eigenvalue weighted by molar-refractivity contribution is 5.13. The van der Waals surface area contributed by atoms with Gasteiger partial charge in [0.15, 0.2) is 0 Å². The number of rotatable bonds is 5. The molecule has 2 atom stereocenters. The predicted molar refractivity (Wildman–Crippen MR) is 67.4 cm³/mol. The van der Waals surface area contributed by atoms with E-state index in [0.717, 1.165) is 6.42 Å². The maximum absolute atomic E-state index is 5.55. The molecule has 1 aliphatic carbocycles. The molecule has 0 aliphatic heterocycles. The van der Waals surface area contributed by atoms with Crippen LogP contribution in [0.3, 0.4) is 0 Å². The standard InChI is InChI=1S/C14H21NO2/c1-16-14-9-5-8-13(10-14)15-17-11-12-6-3-2-4-7-12/h2-4,6-7,13-15H,5,8-11H2,1H3. The van der Waals surface area contributed by atoms with Gasteiger partial charge in [0.05, 0.1) is 12.7 Å². The fraction of sp³-hybridized carbons (Fsp3) is 0.571. The minimum atomic E-state index is 0.390. The molecule has 1 aromatic rings. The van der Waals surface area contributed by atoms with Gasteiger partial charge in [-0.3, -0.25) is 4.84 Å². The van der Waals surface area contributed by atoms with E-state index in [4.69, 9.17) is 9.57 Å². The Hall–Kier alpha value is -0.900. The fourth-order valence-electron chi connectivity index (χ4n) is 2.28. The second-order valence-electron chi connectivity index (χ2n) is 4.61. The van der Waals surface area contributed by atoms with Gasteiger partial charge in [-0.25, -0.2) is 0 Å². The molecule has 3 heteroatoms. The Morgan fingerprint density at radius 2 is 2.06 bits per heavy atom. The zero-order valence-corrected chi connectivity index (χ0v) is 10.4. The number of hydrogen-bond acceptors (Lipinski definition) is 3. The van der Waals surface area contributed by atoms with Crippen molar-refractivity contribution in [3.05, 3.63) is 35.9 Å². The molecule has 0 spiro atoms. The first-order chi connectivity index (χ1) is 8.38. The SMILES string of the molecule is COC1CCCC(NOCc2ccccc2)C1. The van der Waals surface area contributed by atoms with Crippen molar-refractivity contribution >= 4 is 0 Å². The molecule has 2 rings (SSSR count). The molecule has 0 radical (unpaired) electrons. The summed E-state index contributed by atoms with van der Waals surface area (Å²) in [4.78, 5) is 5.55. The molecule has 0 heterocycles. The summed E-state index contributed by atoms with van der Waals surface area (Å²) in [5.74, 6) is 0. The highest BCUT2D eigenvalue weighted by Crippen LogP contribution is 2.20. The number of ether oxygens (including phenoxy) is 1. The zero-order chi connectivity index (χ0) is 11.9. The van der Waals surface area contributed by atoms with E-state index in [1.807, 2.05) is 18.2 Å². The average Bonchev–Trinajstić information content (AvgIpc) is 2.40. The quantitative estimate of drug-likeness (QED) is 0.796. The molecular formula is C14H21NO2. The normalized spacial score (nSPS) is 24.8. The number of methoxy groups -OCH3 is 1. The van der Waals surface area contributed by atoms with E-state index < -0.39 is 0 Å². The van der Waals surface area contributed by atoms with E-state index in [1.165, 1.54) is 24.8 Å². The second kappa shape index (κ2) is 6.74. The average molecular weight is 235 g/mol. The largest absolute Gasteiger partial charge is 0.381 e. The summed E-state index contributed by atoms with van der Waals surface area (Å²) in [7, 11) is 1.79. The highest BCUT2D eigenvalue weighted by atomic mass is 16.6. The van der Waals surface area contributed by atoms with E-state index in [0.29, 0.717) is 18.8 Å². The van der Waals surface area contributed by atoms with Crippen molar-refractivity contribution in [2.45, 2.75) is 44.4 Å². The van der Waals surface area contributed by atoms with Crippen LogP contribution in [0.2, 0.25) is 0 Å². The first kappa shape index (κ1) is 12.6. The van der Waals surface area contributed by atoms with Gasteiger partial charge in [-0.05, 0) is 31.2 Å². The Kier molecular flexibility index (Phi) is 4.98. The molecule has 1 aromatic carbocycles. The third-order valence-corrected chi connectivity index (χ3v) is 3.29. The molecule has 0 bridgehead atoms. The summed E-state index contributed by atoms with van der Waals surface area (Å²) in [6, 6.07) is 10.6. The lowest BCUT2D eigenvalue weighted by Crippen LogP contribution is -2.36. The van der Waals surface area contributed by atoms with E-state index in [9.17, 15) is 0 Å². The van der Waals surface area contributed by atoms with E-state index in [-0.39, 0.29) is 0 Å². The maximum Gasteiger partial charge on any atom is 0.0933 e. The van der Waals surface area contributed by atoms with Crippen LogP contribution in [-0.4, -0.2) is 19.3 Å². The smallest absolute Gasteiger partial charge is 0.0933 e. The molecular weight excluding hydrogens is 214 g/mol. The van der Waals surface area contributed by atoms with Crippen LogP contribution in [0.1, 0.15) is 31.2 Å². The van der Waals surface area contributed by atoms with Crippen LogP contribution >= 0.6 is 0 Å². The summed E-state index contributed by atoms with van der Waals surface area (Å²) >= 11 is 0. The molecule has 1 N–H and O–H groups in total. The lowest BCUT2D eigenvalue weighted by atomic mass is 9.93. The molecule has 94 valence electrons. The molecule has 1 aliphatic rings. The van der Waals surface area contributed by atoms with Gasteiger partial charge in [-0.2, -0.15) is 5.48 Å². The first-order valence-electron chi connectivity index (χ1n) is 6.32. The lowest BCUT2D eigenvalue weighted by molar-refractivity contribution is -0.0285. The van der Waals surface area contributed by atoms with Gasteiger partial charge in [0, 0.05) is 13.2 Å². The van der Waals surface area contributed by atoms with Crippen molar-refractivity contribution in [2.24, 2.45) is 0 Å². The Bertz CT molecular complexity index is 315. The van der Waals surface area contributed by atoms with Crippen LogP contribution in [0.4, 0.5) is 0 Å². The summed E-state index contributed by atoms with van der Waals surface area (Å²) < 4.78 is 5.39. The third-order valence-electron chi connectivity index (χ3n) is 3.29. The van der Waals surface area contributed by atoms with Crippen molar-refractivity contribution in [3.63, 3.8) is 0 Å². The van der Waals surface area contributed by atoms with Crippen molar-refractivity contribution < 1.29 is 9.57 Å². The Balaban J connectivity index is 1.68. The topological polar surface area (TPSA) is 30.5 Å². The number of hydroxylamine groups is 1. The fourth-order valence-corrected chi connectivity index (χ4v) is 2.28. The molecule has 1 saturated carbocycles. The predicted octanol–water partition coefficient (Wildman–Crippen LogP) is 2.67. The van der Waals surface area contributed by atoms with Crippen LogP contribution in [-0.2, 0) is 16.2 Å². The molecule has 0 amide bonds. The molecule has 0 saturated heterocycles. The van der Waals surface area contributed by atoms with E-state index in [2.05, 4.69) is 17.6 Å². The number of nitrogens with one attached hydrogen (secondary N) is 1. The minimum Gasteiger partial charge on any atom is -0.381 e. The summed E-state index contributed by atoms with van der Waals surface area (Å²) in [5.41, 5.74) is 4.35. The lowest BCUT2D eigenvalue weighted by Gasteiger charge is -2.28. The van der Waals surface area contributed by atoms with Crippen LogP contribution in [0.15, 0.2) is 30.3 Å². The Labute approximate surface area is 103 Å². The van der Waals surface area contributed by atoms with Crippen LogP contribution in [0.5, 0.6) is 0 Å². The summed E-state index contributed by atoms with van der Waals surface area (Å²) in [6.07, 6.45) is 5.00. The van der Waals surface area contributed by atoms with Gasteiger partial charge in [0.25, 0.3) is 0 Å². The van der Waals surface area contributed by atoms with Gasteiger partial charge in [-0.1, -0.05) is 30.3 Å². The van der Waals surface area contributed by atoms with Gasteiger partial charge >= 0.3 is 0 Å². The van der Waals surface area contributed by atoms with Crippen LogP contribution in [0, 0.1) is 0 Å². The minimum absolute atomic E-state index is 0.390. The molecule has 1 fully saturated rings. The Morgan fingerprint density at radius 1 is 1.24 bits per heavy atom. The third kappa shape index (κ3) is 4.11.